The summed E-state index contributed by atoms with van der Waals surface area (Å²) in [4.78, 5) is 0. The minimum atomic E-state index is -0.986. The maximum Gasteiger partial charge on any atom is 0.159 e. The highest BCUT2D eigenvalue weighted by Crippen LogP contribution is 2.35. The van der Waals surface area contributed by atoms with Gasteiger partial charge in [0.1, 0.15) is 11.6 Å². The van der Waals surface area contributed by atoms with Gasteiger partial charge in [0.15, 0.2) is 11.6 Å². The van der Waals surface area contributed by atoms with Gasteiger partial charge in [0.25, 0.3) is 0 Å². The van der Waals surface area contributed by atoms with Crippen LogP contribution in [0.25, 0.3) is 11.6 Å². The normalized spacial score (nSPS) is 12.2. The molecule has 4 rings (SSSR count). The molecule has 4 heteroatoms. The second-order valence-electron chi connectivity index (χ2n) is 7.32. The Balaban J connectivity index is 1.60. The van der Waals surface area contributed by atoms with Gasteiger partial charge < -0.3 is 0 Å². The van der Waals surface area contributed by atoms with Crippen LogP contribution in [0.4, 0.5) is 17.6 Å². The Morgan fingerprint density at radius 3 is 2.07 bits per heavy atom. The molecule has 0 saturated heterocycles. The van der Waals surface area contributed by atoms with E-state index >= 15 is 0 Å². The predicted octanol–water partition coefficient (Wildman–Crippen LogP) is 6.69. The van der Waals surface area contributed by atoms with Crippen LogP contribution in [0.5, 0.6) is 0 Å². The van der Waals surface area contributed by atoms with Gasteiger partial charge in [0, 0.05) is 16.7 Å². The average Bonchev–Trinajstić information content (AvgIpc) is 3.09. The number of halogens is 4. The Morgan fingerprint density at radius 2 is 1.40 bits per heavy atom. The summed E-state index contributed by atoms with van der Waals surface area (Å²) in [5, 5.41) is 0. The monoisotopic (exact) mass is 406 g/mol. The summed E-state index contributed by atoms with van der Waals surface area (Å²) in [6, 6.07) is 12.2. The minimum absolute atomic E-state index is 0.134. The van der Waals surface area contributed by atoms with Gasteiger partial charge in [-0.1, -0.05) is 43.4 Å². The molecule has 0 spiro atoms. The Morgan fingerprint density at radius 1 is 0.767 bits per heavy atom. The van der Waals surface area contributed by atoms with Crippen LogP contribution in [0.1, 0.15) is 46.7 Å². The number of rotatable bonds is 3. The Hall–Kier alpha value is -3.32. The van der Waals surface area contributed by atoms with E-state index in [0.717, 1.165) is 30.5 Å². The lowest BCUT2D eigenvalue weighted by Gasteiger charge is -2.07. The zero-order chi connectivity index (χ0) is 21.3. The molecule has 3 aromatic rings. The minimum Gasteiger partial charge on any atom is -0.206 e. The number of hydrogen-bond donors (Lipinski definition) is 0. The molecular weight excluding hydrogens is 388 g/mol. The molecule has 0 amide bonds. The largest absolute Gasteiger partial charge is 0.206 e. The highest BCUT2D eigenvalue weighted by molar-refractivity contribution is 5.89. The molecule has 0 saturated carbocycles. The van der Waals surface area contributed by atoms with E-state index in [2.05, 4.69) is 18.8 Å². The predicted molar refractivity (Wildman–Crippen MR) is 111 cm³/mol. The smallest absolute Gasteiger partial charge is 0.159 e. The summed E-state index contributed by atoms with van der Waals surface area (Å²) in [5.41, 5.74) is 3.28. The number of allylic oxidation sites excluding steroid dienone is 1. The summed E-state index contributed by atoms with van der Waals surface area (Å²) in [5.74, 6) is 2.25. The molecule has 1 aliphatic carbocycles. The van der Waals surface area contributed by atoms with Gasteiger partial charge in [-0.25, -0.2) is 17.6 Å². The van der Waals surface area contributed by atoms with E-state index in [1.165, 1.54) is 23.8 Å². The van der Waals surface area contributed by atoms with Gasteiger partial charge >= 0.3 is 0 Å². The van der Waals surface area contributed by atoms with E-state index in [1.54, 1.807) is 0 Å². The molecule has 0 aliphatic heterocycles. The third kappa shape index (κ3) is 4.02. The van der Waals surface area contributed by atoms with Crippen molar-refractivity contribution in [1.82, 2.24) is 0 Å². The van der Waals surface area contributed by atoms with Crippen molar-refractivity contribution in [3.8, 4) is 11.8 Å². The van der Waals surface area contributed by atoms with Crippen LogP contribution in [0, 0.1) is 35.1 Å². The summed E-state index contributed by atoms with van der Waals surface area (Å²) < 4.78 is 56.3. The van der Waals surface area contributed by atoms with Gasteiger partial charge in [0.05, 0.1) is 0 Å². The molecule has 30 heavy (non-hydrogen) atoms. The number of fused-ring (bicyclic) bond motifs is 1. The topological polar surface area (TPSA) is 0 Å². The first kappa shape index (κ1) is 20.0. The zero-order valence-electron chi connectivity index (χ0n) is 16.3. The second-order valence-corrected chi connectivity index (χ2v) is 7.32. The number of hydrogen-bond acceptors (Lipinski definition) is 0. The van der Waals surface area contributed by atoms with E-state index in [9.17, 15) is 17.6 Å². The van der Waals surface area contributed by atoms with E-state index in [0.29, 0.717) is 16.7 Å². The van der Waals surface area contributed by atoms with Crippen molar-refractivity contribution in [2.24, 2.45) is 0 Å². The van der Waals surface area contributed by atoms with Crippen LogP contribution >= 0.6 is 0 Å². The zero-order valence-corrected chi connectivity index (χ0v) is 16.3. The summed E-state index contributed by atoms with van der Waals surface area (Å²) in [7, 11) is 0. The molecule has 1 aliphatic rings. The molecule has 0 aromatic heterocycles. The van der Waals surface area contributed by atoms with Crippen LogP contribution in [0.15, 0.2) is 48.5 Å². The van der Waals surface area contributed by atoms with Gasteiger partial charge in [-0.2, -0.15) is 0 Å². The van der Waals surface area contributed by atoms with E-state index < -0.39 is 23.3 Å². The highest BCUT2D eigenvalue weighted by Gasteiger charge is 2.22. The van der Waals surface area contributed by atoms with Crippen molar-refractivity contribution < 1.29 is 17.6 Å². The lowest BCUT2D eigenvalue weighted by Crippen LogP contribution is -1.97. The van der Waals surface area contributed by atoms with Crippen LogP contribution in [0.3, 0.4) is 0 Å². The fourth-order valence-electron chi connectivity index (χ4n) is 3.64. The first-order valence-electron chi connectivity index (χ1n) is 9.73. The Kier molecular flexibility index (Phi) is 5.46. The van der Waals surface area contributed by atoms with Crippen molar-refractivity contribution in [3.63, 3.8) is 0 Å². The van der Waals surface area contributed by atoms with Crippen molar-refractivity contribution in [3.05, 3.63) is 105 Å². The molecule has 0 unspecified atom stereocenters. The third-order valence-corrected chi connectivity index (χ3v) is 5.10. The van der Waals surface area contributed by atoms with Gasteiger partial charge in [-0.05, 0) is 71.5 Å². The molecule has 0 heterocycles. The molecule has 0 nitrogen and oxygen atoms in total. The summed E-state index contributed by atoms with van der Waals surface area (Å²) in [6.45, 7) is 2.11. The van der Waals surface area contributed by atoms with E-state index in [1.807, 2.05) is 24.3 Å². The fourth-order valence-corrected chi connectivity index (χ4v) is 3.64. The van der Waals surface area contributed by atoms with Gasteiger partial charge in [-0.3, -0.25) is 0 Å². The summed E-state index contributed by atoms with van der Waals surface area (Å²) >= 11 is 0. The molecule has 0 N–H and O–H groups in total. The molecule has 150 valence electrons. The first-order valence-corrected chi connectivity index (χ1v) is 9.73. The lowest BCUT2D eigenvalue weighted by molar-refractivity contribution is 0.507. The van der Waals surface area contributed by atoms with Crippen LogP contribution in [-0.2, 0) is 12.8 Å². The quantitative estimate of drug-likeness (QED) is 0.336. The summed E-state index contributed by atoms with van der Waals surface area (Å²) in [6.07, 6.45) is 3.67. The second kappa shape index (κ2) is 8.20. The molecule has 0 bridgehead atoms. The Bertz CT molecular complexity index is 1190. The lowest BCUT2D eigenvalue weighted by atomic mass is 10.0. The molecule has 3 aromatic carbocycles. The van der Waals surface area contributed by atoms with Crippen molar-refractivity contribution in [1.29, 1.82) is 0 Å². The van der Waals surface area contributed by atoms with E-state index in [-0.39, 0.29) is 17.5 Å². The van der Waals surface area contributed by atoms with Gasteiger partial charge in [0.2, 0.25) is 0 Å². The first-order chi connectivity index (χ1) is 14.4. The third-order valence-electron chi connectivity index (χ3n) is 5.10. The Labute approximate surface area is 172 Å². The molecular formula is C26H18F4. The standard InChI is InChI=1S/C26H18F4/c1-2-3-16-4-6-17(7-5-16)8-9-18-10-24(29)26(25(30)11-18)21-12-19-14-22(27)23(28)15-20(19)13-21/h4-7,10-12,14-15H,2-3,13H2,1H3. The maximum absolute atomic E-state index is 14.7. The van der Waals surface area contributed by atoms with Crippen molar-refractivity contribution in [2.75, 3.05) is 0 Å². The highest BCUT2D eigenvalue weighted by atomic mass is 19.2. The van der Waals surface area contributed by atoms with Crippen LogP contribution in [-0.4, -0.2) is 0 Å². The fraction of sp³-hybridized carbons (Fsp3) is 0.154. The van der Waals surface area contributed by atoms with Crippen LogP contribution in [0.2, 0.25) is 0 Å². The van der Waals surface area contributed by atoms with Crippen molar-refractivity contribution in [2.45, 2.75) is 26.2 Å². The number of benzene rings is 3. The van der Waals surface area contributed by atoms with Crippen molar-refractivity contribution >= 4 is 11.6 Å². The molecule has 0 radical (unpaired) electrons. The average molecular weight is 406 g/mol. The van der Waals surface area contributed by atoms with E-state index in [4.69, 9.17) is 0 Å². The van der Waals surface area contributed by atoms with Gasteiger partial charge in [-0.15, -0.1) is 0 Å². The molecule has 0 fully saturated rings. The maximum atomic E-state index is 14.7. The van der Waals surface area contributed by atoms with Crippen LogP contribution < -0.4 is 0 Å². The number of aryl methyl sites for hydroxylation is 1. The molecule has 0 atom stereocenters. The SMILES string of the molecule is CCCc1ccc(C#Cc2cc(F)c(C3=Cc4cc(F)c(F)cc4C3)c(F)c2)cc1.